The number of aliphatic imine (C=N–C) groups is 1. The molecule has 2 N–H and O–H groups in total. The van der Waals surface area contributed by atoms with Crippen molar-refractivity contribution in [1.29, 1.82) is 0 Å². The first-order valence-electron chi connectivity index (χ1n) is 8.68. The molecule has 1 atom stereocenters. The standard InChI is InChI=1S/C18H25BrN6.HI/c1-20-18(22-8-4-10-24-12-9-21-14-24)23-15-7-11-25(13-15)17-6-3-2-5-16(17)19;/h2-3,5-6,9,12,14-15H,4,7-8,10-11,13H2,1H3,(H2,20,22,23);1H. The predicted octanol–water partition coefficient (Wildman–Crippen LogP) is 3.10. The first-order valence-corrected chi connectivity index (χ1v) is 9.48. The SMILES string of the molecule is CN=C(NCCCn1ccnc1)NC1CCN(c2ccccc2Br)C1.I. The maximum absolute atomic E-state index is 4.35. The van der Waals surface area contributed by atoms with Gasteiger partial charge in [-0.3, -0.25) is 4.99 Å². The van der Waals surface area contributed by atoms with Crippen LogP contribution in [-0.2, 0) is 6.54 Å². The van der Waals surface area contributed by atoms with Crippen LogP contribution in [0.2, 0.25) is 0 Å². The number of aryl methyl sites for hydroxylation is 1. The fourth-order valence-electron chi connectivity index (χ4n) is 3.08. The molecule has 0 spiro atoms. The number of guanidine groups is 1. The molecule has 1 aromatic carbocycles. The molecule has 1 aliphatic rings. The molecule has 1 saturated heterocycles. The van der Waals surface area contributed by atoms with E-state index in [1.807, 2.05) is 25.8 Å². The van der Waals surface area contributed by atoms with Gasteiger partial charge in [0.05, 0.1) is 12.0 Å². The molecule has 0 amide bonds. The van der Waals surface area contributed by atoms with Crippen molar-refractivity contribution in [3.63, 3.8) is 0 Å². The molecule has 6 nitrogen and oxygen atoms in total. The Labute approximate surface area is 180 Å². The number of nitrogens with zero attached hydrogens (tertiary/aromatic N) is 4. The van der Waals surface area contributed by atoms with Gasteiger partial charge in [-0.2, -0.15) is 0 Å². The number of hydrogen-bond acceptors (Lipinski definition) is 3. The van der Waals surface area contributed by atoms with Crippen molar-refractivity contribution in [2.24, 2.45) is 4.99 Å². The molecule has 0 aliphatic carbocycles. The average Bonchev–Trinajstić information content (AvgIpc) is 3.30. The van der Waals surface area contributed by atoms with Crippen LogP contribution in [0, 0.1) is 0 Å². The van der Waals surface area contributed by atoms with Crippen molar-refractivity contribution in [2.45, 2.75) is 25.4 Å². The van der Waals surface area contributed by atoms with E-state index in [2.05, 4.69) is 70.3 Å². The second-order valence-corrected chi connectivity index (χ2v) is 7.03. The van der Waals surface area contributed by atoms with Crippen LogP contribution in [0.25, 0.3) is 0 Å². The van der Waals surface area contributed by atoms with Crippen molar-refractivity contribution in [1.82, 2.24) is 20.2 Å². The van der Waals surface area contributed by atoms with Gasteiger partial charge in [0.2, 0.25) is 0 Å². The van der Waals surface area contributed by atoms with E-state index in [4.69, 9.17) is 0 Å². The van der Waals surface area contributed by atoms with E-state index in [-0.39, 0.29) is 24.0 Å². The number of aromatic nitrogens is 2. The summed E-state index contributed by atoms with van der Waals surface area (Å²) >= 11 is 3.64. The first kappa shape index (κ1) is 21.0. The van der Waals surface area contributed by atoms with E-state index in [1.165, 1.54) is 5.69 Å². The van der Waals surface area contributed by atoms with Crippen LogP contribution < -0.4 is 15.5 Å². The molecule has 2 heterocycles. The number of imidazole rings is 1. The van der Waals surface area contributed by atoms with Gasteiger partial charge in [0, 0.05) is 56.1 Å². The zero-order chi connectivity index (χ0) is 17.5. The summed E-state index contributed by atoms with van der Waals surface area (Å²) in [5.41, 5.74) is 1.26. The highest BCUT2D eigenvalue weighted by atomic mass is 127. The highest BCUT2D eigenvalue weighted by Gasteiger charge is 2.24. The first-order chi connectivity index (χ1) is 12.3. The lowest BCUT2D eigenvalue weighted by Gasteiger charge is -2.21. The maximum Gasteiger partial charge on any atom is 0.191 e. The molecule has 0 radical (unpaired) electrons. The molecule has 142 valence electrons. The Morgan fingerprint density at radius 3 is 2.96 bits per heavy atom. The predicted molar refractivity (Wildman–Crippen MR) is 122 cm³/mol. The molecule has 26 heavy (non-hydrogen) atoms. The Kier molecular flexibility index (Phi) is 8.70. The Morgan fingerprint density at radius 1 is 1.38 bits per heavy atom. The number of benzene rings is 1. The highest BCUT2D eigenvalue weighted by molar-refractivity contribution is 14.0. The quantitative estimate of drug-likeness (QED) is 0.260. The number of hydrogen-bond donors (Lipinski definition) is 2. The molecule has 8 heteroatoms. The maximum atomic E-state index is 4.35. The summed E-state index contributed by atoms with van der Waals surface area (Å²) in [5.74, 6) is 0.879. The summed E-state index contributed by atoms with van der Waals surface area (Å²) in [5, 5.41) is 6.94. The normalized spacial score (nSPS) is 17.1. The number of halogens is 2. The third-order valence-electron chi connectivity index (χ3n) is 4.39. The zero-order valence-electron chi connectivity index (χ0n) is 14.9. The smallest absolute Gasteiger partial charge is 0.191 e. The molecule has 1 unspecified atom stereocenters. The van der Waals surface area contributed by atoms with Crippen LogP contribution in [0.15, 0.2) is 52.5 Å². The van der Waals surface area contributed by atoms with Crippen LogP contribution >= 0.6 is 39.9 Å². The van der Waals surface area contributed by atoms with Gasteiger partial charge in [0.15, 0.2) is 5.96 Å². The fraction of sp³-hybridized carbons (Fsp3) is 0.444. The van der Waals surface area contributed by atoms with Gasteiger partial charge in [-0.05, 0) is 40.9 Å². The summed E-state index contributed by atoms with van der Waals surface area (Å²) in [6, 6.07) is 8.80. The lowest BCUT2D eigenvalue weighted by Crippen LogP contribution is -2.45. The van der Waals surface area contributed by atoms with Gasteiger partial charge in [-0.25, -0.2) is 4.98 Å². The summed E-state index contributed by atoms with van der Waals surface area (Å²) in [4.78, 5) is 10.8. The molecule has 3 rings (SSSR count). The molecule has 1 fully saturated rings. The lowest BCUT2D eigenvalue weighted by atomic mass is 10.2. The van der Waals surface area contributed by atoms with Crippen molar-refractivity contribution in [2.75, 3.05) is 31.6 Å². The van der Waals surface area contributed by atoms with Gasteiger partial charge in [0.1, 0.15) is 0 Å². The summed E-state index contributed by atoms with van der Waals surface area (Å²) < 4.78 is 3.24. The van der Waals surface area contributed by atoms with E-state index in [0.29, 0.717) is 6.04 Å². The van der Waals surface area contributed by atoms with Gasteiger partial charge in [-0.1, -0.05) is 12.1 Å². The van der Waals surface area contributed by atoms with E-state index in [9.17, 15) is 0 Å². The molecular weight excluding hydrogens is 507 g/mol. The van der Waals surface area contributed by atoms with Crippen molar-refractivity contribution in [3.05, 3.63) is 47.5 Å². The second-order valence-electron chi connectivity index (χ2n) is 6.18. The third kappa shape index (κ3) is 5.87. The van der Waals surface area contributed by atoms with Crippen LogP contribution in [0.1, 0.15) is 12.8 Å². The van der Waals surface area contributed by atoms with Crippen LogP contribution in [0.4, 0.5) is 5.69 Å². The molecular formula is C18H26BrIN6. The minimum atomic E-state index is 0. The van der Waals surface area contributed by atoms with Crippen molar-refractivity contribution in [3.8, 4) is 0 Å². The second kappa shape index (κ2) is 10.8. The number of nitrogens with one attached hydrogen (secondary N) is 2. The van der Waals surface area contributed by atoms with Gasteiger partial charge in [-0.15, -0.1) is 24.0 Å². The summed E-state index contributed by atoms with van der Waals surface area (Å²) in [6.07, 6.45) is 7.79. The number of anilines is 1. The van der Waals surface area contributed by atoms with Gasteiger partial charge >= 0.3 is 0 Å². The molecule has 0 bridgehead atoms. The third-order valence-corrected chi connectivity index (χ3v) is 5.06. The number of para-hydroxylation sites is 1. The molecule has 1 aromatic heterocycles. The molecule has 0 saturated carbocycles. The summed E-state index contributed by atoms with van der Waals surface area (Å²) in [6.45, 7) is 3.89. The fourth-order valence-corrected chi connectivity index (χ4v) is 3.62. The Balaban J connectivity index is 0.00000243. The summed E-state index contributed by atoms with van der Waals surface area (Å²) in [7, 11) is 1.83. The van der Waals surface area contributed by atoms with Gasteiger partial charge < -0.3 is 20.1 Å². The van der Waals surface area contributed by atoms with Crippen molar-refractivity contribution >= 4 is 51.6 Å². The van der Waals surface area contributed by atoms with E-state index in [1.54, 1.807) is 0 Å². The Hall–Kier alpha value is -1.29. The molecule has 2 aromatic rings. The van der Waals surface area contributed by atoms with E-state index < -0.39 is 0 Å². The van der Waals surface area contributed by atoms with Crippen LogP contribution in [0.3, 0.4) is 0 Å². The van der Waals surface area contributed by atoms with E-state index >= 15 is 0 Å². The van der Waals surface area contributed by atoms with Crippen LogP contribution in [-0.4, -0.2) is 48.2 Å². The number of rotatable bonds is 6. The minimum Gasteiger partial charge on any atom is -0.368 e. The Morgan fingerprint density at radius 2 is 2.23 bits per heavy atom. The Bertz CT molecular complexity index is 691. The molecule has 1 aliphatic heterocycles. The van der Waals surface area contributed by atoms with Crippen LogP contribution in [0.5, 0.6) is 0 Å². The highest BCUT2D eigenvalue weighted by Crippen LogP contribution is 2.28. The van der Waals surface area contributed by atoms with E-state index in [0.717, 1.165) is 49.5 Å². The minimum absolute atomic E-state index is 0. The van der Waals surface area contributed by atoms with Crippen molar-refractivity contribution < 1.29 is 0 Å². The average molecular weight is 533 g/mol. The monoisotopic (exact) mass is 532 g/mol. The van der Waals surface area contributed by atoms with Gasteiger partial charge in [0.25, 0.3) is 0 Å². The lowest BCUT2D eigenvalue weighted by molar-refractivity contribution is 0.609. The largest absolute Gasteiger partial charge is 0.368 e. The zero-order valence-corrected chi connectivity index (χ0v) is 18.9. The topological polar surface area (TPSA) is 57.5 Å².